The fraction of sp³-hybridized carbons (Fsp3) is 0.0667. The number of para-hydroxylation sites is 1. The van der Waals surface area contributed by atoms with Gasteiger partial charge in [0, 0.05) is 0 Å². The molecule has 0 bridgehead atoms. The predicted octanol–water partition coefficient (Wildman–Crippen LogP) is 2.79. The fourth-order valence-electron chi connectivity index (χ4n) is 2.22. The van der Waals surface area contributed by atoms with Crippen molar-refractivity contribution in [3.8, 4) is 6.07 Å². The zero-order valence-corrected chi connectivity index (χ0v) is 10.4. The molecule has 2 aromatic rings. The van der Waals surface area contributed by atoms with Gasteiger partial charge in [0.1, 0.15) is 5.82 Å². The van der Waals surface area contributed by atoms with Crippen LogP contribution < -0.4 is 10.2 Å². The molecular weight excluding hydrogens is 257 g/mol. The molecule has 0 aromatic heterocycles. The minimum atomic E-state index is -0.476. The van der Waals surface area contributed by atoms with Crippen LogP contribution in [0.5, 0.6) is 0 Å². The van der Waals surface area contributed by atoms with E-state index in [9.17, 15) is 9.18 Å². The monoisotopic (exact) mass is 267 g/mol. The Kier molecular flexibility index (Phi) is 2.84. The van der Waals surface area contributed by atoms with Crippen LogP contribution in [0.1, 0.15) is 5.56 Å². The third-order valence-corrected chi connectivity index (χ3v) is 3.14. The molecule has 0 saturated carbocycles. The Hall–Kier alpha value is -2.87. The van der Waals surface area contributed by atoms with E-state index in [4.69, 9.17) is 5.26 Å². The Labute approximate surface area is 115 Å². The number of rotatable bonds is 1. The molecule has 0 unspecified atom stereocenters. The molecule has 1 N–H and O–H groups in total. The number of hydrogen-bond donors (Lipinski definition) is 1. The quantitative estimate of drug-likeness (QED) is 0.864. The molecular formula is C15H10FN3O. The smallest absolute Gasteiger partial charge is 0.251 e. The van der Waals surface area contributed by atoms with E-state index in [1.807, 2.05) is 6.07 Å². The van der Waals surface area contributed by atoms with E-state index in [1.165, 1.54) is 11.0 Å². The first-order valence-electron chi connectivity index (χ1n) is 6.06. The van der Waals surface area contributed by atoms with Crippen molar-refractivity contribution in [1.29, 1.82) is 5.26 Å². The SMILES string of the molecule is N#Cc1ccc2c(c1)N(c1ccccc1F)C(=O)CN2. The largest absolute Gasteiger partial charge is 0.374 e. The number of carbonyl (C=O) groups excluding carboxylic acids is 1. The summed E-state index contributed by atoms with van der Waals surface area (Å²) in [5.41, 5.74) is 1.80. The van der Waals surface area contributed by atoms with Crippen LogP contribution in [0.2, 0.25) is 0 Å². The number of benzene rings is 2. The summed E-state index contributed by atoms with van der Waals surface area (Å²) in [6.07, 6.45) is 0. The highest BCUT2D eigenvalue weighted by Gasteiger charge is 2.27. The summed E-state index contributed by atoms with van der Waals surface area (Å²) in [5, 5.41) is 11.9. The third kappa shape index (κ3) is 1.88. The molecule has 4 nitrogen and oxygen atoms in total. The summed E-state index contributed by atoms with van der Waals surface area (Å²) < 4.78 is 13.9. The molecule has 0 atom stereocenters. The maximum atomic E-state index is 13.9. The second-order valence-electron chi connectivity index (χ2n) is 4.38. The van der Waals surface area contributed by atoms with Crippen LogP contribution in [-0.4, -0.2) is 12.5 Å². The van der Waals surface area contributed by atoms with Gasteiger partial charge in [-0.2, -0.15) is 5.26 Å². The molecule has 0 aliphatic carbocycles. The Bertz CT molecular complexity index is 736. The molecule has 0 spiro atoms. The van der Waals surface area contributed by atoms with Crippen LogP contribution in [0.3, 0.4) is 0 Å². The molecule has 3 rings (SSSR count). The topological polar surface area (TPSA) is 56.1 Å². The molecule has 0 fully saturated rings. The van der Waals surface area contributed by atoms with E-state index < -0.39 is 5.82 Å². The Morgan fingerprint density at radius 2 is 2.00 bits per heavy atom. The van der Waals surface area contributed by atoms with Crippen LogP contribution in [0.25, 0.3) is 0 Å². The highest BCUT2D eigenvalue weighted by atomic mass is 19.1. The van der Waals surface area contributed by atoms with E-state index >= 15 is 0 Å². The Morgan fingerprint density at radius 1 is 1.20 bits per heavy atom. The van der Waals surface area contributed by atoms with Crippen molar-refractivity contribution in [3.63, 3.8) is 0 Å². The van der Waals surface area contributed by atoms with Gasteiger partial charge in [-0.05, 0) is 30.3 Å². The van der Waals surface area contributed by atoms with Gasteiger partial charge in [-0.1, -0.05) is 12.1 Å². The van der Waals surface area contributed by atoms with E-state index in [0.717, 1.165) is 0 Å². The number of anilines is 3. The van der Waals surface area contributed by atoms with Gasteiger partial charge in [0.2, 0.25) is 0 Å². The zero-order valence-electron chi connectivity index (χ0n) is 10.4. The second kappa shape index (κ2) is 4.67. The zero-order chi connectivity index (χ0) is 14.1. The number of nitrogens with one attached hydrogen (secondary N) is 1. The molecule has 1 amide bonds. The second-order valence-corrected chi connectivity index (χ2v) is 4.38. The van der Waals surface area contributed by atoms with Gasteiger partial charge in [-0.25, -0.2) is 4.39 Å². The van der Waals surface area contributed by atoms with Crippen LogP contribution in [0, 0.1) is 17.1 Å². The average Bonchev–Trinajstić information content (AvgIpc) is 2.48. The highest BCUT2D eigenvalue weighted by Crippen LogP contribution is 2.36. The number of carbonyl (C=O) groups is 1. The molecule has 1 aliphatic rings. The van der Waals surface area contributed by atoms with Gasteiger partial charge in [-0.15, -0.1) is 0 Å². The summed E-state index contributed by atoms with van der Waals surface area (Å²) in [7, 11) is 0. The van der Waals surface area contributed by atoms with Gasteiger partial charge in [-0.3, -0.25) is 9.69 Å². The van der Waals surface area contributed by atoms with Crippen molar-refractivity contribution >= 4 is 23.0 Å². The molecule has 1 heterocycles. The summed E-state index contributed by atoms with van der Waals surface area (Å²) in [5.74, 6) is -0.742. The van der Waals surface area contributed by atoms with Crippen LogP contribution in [0.4, 0.5) is 21.5 Å². The lowest BCUT2D eigenvalue weighted by Crippen LogP contribution is -2.36. The lowest BCUT2D eigenvalue weighted by atomic mass is 10.1. The molecule has 2 aromatic carbocycles. The highest BCUT2D eigenvalue weighted by molar-refractivity contribution is 6.08. The Morgan fingerprint density at radius 3 is 2.75 bits per heavy atom. The molecule has 20 heavy (non-hydrogen) atoms. The van der Waals surface area contributed by atoms with Gasteiger partial charge < -0.3 is 5.32 Å². The number of fused-ring (bicyclic) bond motifs is 1. The van der Waals surface area contributed by atoms with Gasteiger partial charge >= 0.3 is 0 Å². The molecule has 1 aliphatic heterocycles. The normalized spacial score (nSPS) is 13.4. The number of halogens is 1. The molecule has 0 radical (unpaired) electrons. The van der Waals surface area contributed by atoms with Gasteiger partial charge in [0.25, 0.3) is 5.91 Å². The summed E-state index contributed by atoms with van der Waals surface area (Å²) in [4.78, 5) is 13.4. The minimum Gasteiger partial charge on any atom is -0.374 e. The predicted molar refractivity (Wildman–Crippen MR) is 73.2 cm³/mol. The van der Waals surface area contributed by atoms with Gasteiger partial charge in [0.05, 0.1) is 35.2 Å². The summed E-state index contributed by atoms with van der Waals surface area (Å²) in [6.45, 7) is 0.0905. The molecule has 98 valence electrons. The van der Waals surface area contributed by atoms with Crippen molar-refractivity contribution in [1.82, 2.24) is 0 Å². The Balaban J connectivity index is 2.20. The number of hydrogen-bond acceptors (Lipinski definition) is 3. The van der Waals surface area contributed by atoms with Crippen LogP contribution in [0.15, 0.2) is 42.5 Å². The lowest BCUT2D eigenvalue weighted by molar-refractivity contribution is -0.116. The van der Waals surface area contributed by atoms with E-state index in [0.29, 0.717) is 16.9 Å². The first kappa shape index (κ1) is 12.2. The van der Waals surface area contributed by atoms with Crippen molar-refractivity contribution < 1.29 is 9.18 Å². The van der Waals surface area contributed by atoms with Crippen LogP contribution in [-0.2, 0) is 4.79 Å². The van der Waals surface area contributed by atoms with E-state index in [-0.39, 0.29) is 18.1 Å². The van der Waals surface area contributed by atoms with E-state index in [2.05, 4.69) is 5.32 Å². The summed E-state index contributed by atoms with van der Waals surface area (Å²) in [6, 6.07) is 13.0. The third-order valence-electron chi connectivity index (χ3n) is 3.14. The number of nitrogens with zero attached hydrogens (tertiary/aromatic N) is 2. The first-order chi connectivity index (χ1) is 9.70. The fourth-order valence-corrected chi connectivity index (χ4v) is 2.22. The number of amides is 1. The van der Waals surface area contributed by atoms with Crippen molar-refractivity contribution in [2.24, 2.45) is 0 Å². The lowest BCUT2D eigenvalue weighted by Gasteiger charge is -2.30. The number of nitriles is 1. The standard InChI is InChI=1S/C15H10FN3O/c16-11-3-1-2-4-13(11)19-14-7-10(8-17)5-6-12(14)18-9-15(19)20/h1-7,18H,9H2. The molecule has 5 heteroatoms. The van der Waals surface area contributed by atoms with Crippen molar-refractivity contribution in [3.05, 3.63) is 53.8 Å². The maximum Gasteiger partial charge on any atom is 0.251 e. The summed E-state index contributed by atoms with van der Waals surface area (Å²) >= 11 is 0. The molecule has 0 saturated heterocycles. The van der Waals surface area contributed by atoms with Crippen LogP contribution >= 0.6 is 0 Å². The van der Waals surface area contributed by atoms with Crippen molar-refractivity contribution in [2.75, 3.05) is 16.8 Å². The maximum absolute atomic E-state index is 13.9. The average molecular weight is 267 g/mol. The first-order valence-corrected chi connectivity index (χ1v) is 6.06. The minimum absolute atomic E-state index is 0.0905. The van der Waals surface area contributed by atoms with Gasteiger partial charge in [0.15, 0.2) is 0 Å². The van der Waals surface area contributed by atoms with Crippen molar-refractivity contribution in [2.45, 2.75) is 0 Å². The van der Waals surface area contributed by atoms with E-state index in [1.54, 1.807) is 36.4 Å².